The van der Waals surface area contributed by atoms with Crippen LogP contribution in [0.25, 0.3) is 0 Å². The van der Waals surface area contributed by atoms with Crippen LogP contribution in [0.2, 0.25) is 0 Å². The number of rotatable bonds is 12. The standard InChI is InChI=1S/C16H31N7O6/c1-7(17)12(25)22-10(5-4-6-20-16(18)19)13(26)23-11(9(3)24)14(27)21-8(2)15(28)29/h7-11,24H,4-6,17H2,1-3H3,(H,21,27)(H,22,25)(H,23,26)(H,28,29)(H4,18,19,20). The van der Waals surface area contributed by atoms with Gasteiger partial charge < -0.3 is 43.4 Å². The molecule has 0 saturated carbocycles. The predicted molar refractivity (Wildman–Crippen MR) is 104 cm³/mol. The number of aliphatic hydroxyl groups excluding tert-OH is 1. The van der Waals surface area contributed by atoms with E-state index in [0.717, 1.165) is 0 Å². The molecule has 0 fully saturated rings. The number of carbonyl (C=O) groups excluding carboxylic acids is 3. The van der Waals surface area contributed by atoms with Crippen molar-refractivity contribution in [2.24, 2.45) is 22.2 Å². The first kappa shape index (κ1) is 26.1. The van der Waals surface area contributed by atoms with Gasteiger partial charge in [0.2, 0.25) is 17.7 Å². The first-order valence-electron chi connectivity index (χ1n) is 8.99. The average Bonchev–Trinajstić information content (AvgIpc) is 2.60. The Kier molecular flexibility index (Phi) is 11.2. The van der Waals surface area contributed by atoms with Crippen molar-refractivity contribution in [3.8, 4) is 0 Å². The summed E-state index contributed by atoms with van der Waals surface area (Å²) in [5.74, 6) is -3.64. The molecule has 0 aromatic carbocycles. The van der Waals surface area contributed by atoms with E-state index >= 15 is 0 Å². The van der Waals surface area contributed by atoms with Crippen molar-refractivity contribution < 1.29 is 29.4 Å². The third-order valence-electron chi connectivity index (χ3n) is 3.78. The Labute approximate surface area is 168 Å². The summed E-state index contributed by atoms with van der Waals surface area (Å²) in [7, 11) is 0. The van der Waals surface area contributed by atoms with Crippen molar-refractivity contribution in [1.29, 1.82) is 0 Å². The van der Waals surface area contributed by atoms with Gasteiger partial charge >= 0.3 is 5.97 Å². The molecule has 0 saturated heterocycles. The van der Waals surface area contributed by atoms with Gasteiger partial charge in [0, 0.05) is 6.54 Å². The van der Waals surface area contributed by atoms with Gasteiger partial charge in [-0.05, 0) is 33.6 Å². The van der Waals surface area contributed by atoms with E-state index in [4.69, 9.17) is 22.3 Å². The van der Waals surface area contributed by atoms with Gasteiger partial charge in [-0.25, -0.2) is 0 Å². The summed E-state index contributed by atoms with van der Waals surface area (Å²) in [4.78, 5) is 51.4. The molecule has 0 radical (unpaired) electrons. The fourth-order valence-electron chi connectivity index (χ4n) is 2.10. The normalized spacial score (nSPS) is 15.8. The molecule has 5 atom stereocenters. The number of carboxylic acids is 1. The summed E-state index contributed by atoms with van der Waals surface area (Å²) in [5, 5.41) is 25.6. The number of nitrogens with two attached hydrogens (primary N) is 3. The number of carboxylic acid groups (broad SMARTS) is 1. The molecule has 11 N–H and O–H groups in total. The third kappa shape index (κ3) is 10.3. The van der Waals surface area contributed by atoms with Crippen molar-refractivity contribution in [3.05, 3.63) is 0 Å². The van der Waals surface area contributed by atoms with Crippen LogP contribution in [-0.4, -0.2) is 76.7 Å². The molecular weight excluding hydrogens is 386 g/mol. The Morgan fingerprint density at radius 1 is 0.966 bits per heavy atom. The van der Waals surface area contributed by atoms with E-state index in [1.807, 2.05) is 0 Å². The molecule has 166 valence electrons. The third-order valence-corrected chi connectivity index (χ3v) is 3.78. The van der Waals surface area contributed by atoms with Gasteiger partial charge in [-0.15, -0.1) is 0 Å². The van der Waals surface area contributed by atoms with Crippen LogP contribution < -0.4 is 33.2 Å². The Hall–Kier alpha value is -2.93. The van der Waals surface area contributed by atoms with Crippen LogP contribution >= 0.6 is 0 Å². The fourth-order valence-corrected chi connectivity index (χ4v) is 2.10. The van der Waals surface area contributed by atoms with Gasteiger partial charge in [0.1, 0.15) is 18.1 Å². The Morgan fingerprint density at radius 3 is 2.00 bits per heavy atom. The van der Waals surface area contributed by atoms with Crippen molar-refractivity contribution >= 4 is 29.7 Å². The van der Waals surface area contributed by atoms with E-state index in [2.05, 4.69) is 20.9 Å². The fraction of sp³-hybridized carbons (Fsp3) is 0.688. The minimum absolute atomic E-state index is 0.121. The van der Waals surface area contributed by atoms with Crippen molar-refractivity contribution in [2.45, 2.75) is 63.9 Å². The van der Waals surface area contributed by atoms with E-state index < -0.39 is 54.0 Å². The maximum absolute atomic E-state index is 12.6. The molecule has 0 heterocycles. The molecule has 0 rings (SSSR count). The van der Waals surface area contributed by atoms with Gasteiger partial charge in [-0.2, -0.15) is 0 Å². The Balaban J connectivity index is 5.23. The van der Waals surface area contributed by atoms with Crippen molar-refractivity contribution in [2.75, 3.05) is 6.54 Å². The number of hydrogen-bond acceptors (Lipinski definition) is 7. The molecule has 3 amide bonds. The highest BCUT2D eigenvalue weighted by Crippen LogP contribution is 2.03. The second kappa shape index (κ2) is 12.5. The number of aliphatic carboxylic acids is 1. The molecule has 13 nitrogen and oxygen atoms in total. The number of hydrogen-bond donors (Lipinski definition) is 8. The zero-order chi connectivity index (χ0) is 22.7. The summed E-state index contributed by atoms with van der Waals surface area (Å²) in [5.41, 5.74) is 16.0. The monoisotopic (exact) mass is 417 g/mol. The number of guanidine groups is 1. The number of amides is 3. The molecular formula is C16H31N7O6. The van der Waals surface area contributed by atoms with Crippen LogP contribution in [0.1, 0.15) is 33.6 Å². The molecule has 0 spiro atoms. The largest absolute Gasteiger partial charge is 0.480 e. The smallest absolute Gasteiger partial charge is 0.325 e. The molecule has 0 aliphatic heterocycles. The first-order valence-corrected chi connectivity index (χ1v) is 8.99. The van der Waals surface area contributed by atoms with Crippen LogP contribution in [0.15, 0.2) is 4.99 Å². The Morgan fingerprint density at radius 2 is 1.55 bits per heavy atom. The van der Waals surface area contributed by atoms with Gasteiger partial charge in [0.25, 0.3) is 0 Å². The topological polar surface area (TPSA) is 235 Å². The number of nitrogens with one attached hydrogen (secondary N) is 3. The first-order chi connectivity index (χ1) is 13.4. The molecule has 5 unspecified atom stereocenters. The van der Waals surface area contributed by atoms with Crippen LogP contribution in [0.5, 0.6) is 0 Å². The van der Waals surface area contributed by atoms with E-state index in [-0.39, 0.29) is 18.9 Å². The zero-order valence-electron chi connectivity index (χ0n) is 16.7. The van der Waals surface area contributed by atoms with Crippen LogP contribution in [0.4, 0.5) is 0 Å². The van der Waals surface area contributed by atoms with Gasteiger partial charge in [0.15, 0.2) is 5.96 Å². The second-order valence-corrected chi connectivity index (χ2v) is 6.59. The molecule has 0 aromatic heterocycles. The Bertz CT molecular complexity index is 619. The van der Waals surface area contributed by atoms with E-state index in [1.165, 1.54) is 20.8 Å². The maximum Gasteiger partial charge on any atom is 0.325 e. The van der Waals surface area contributed by atoms with E-state index in [1.54, 1.807) is 0 Å². The quantitative estimate of drug-likeness (QED) is 0.0885. The summed E-state index contributed by atoms with van der Waals surface area (Å²) in [6.45, 7) is 4.13. The predicted octanol–water partition coefficient (Wildman–Crippen LogP) is -3.67. The number of carbonyl (C=O) groups is 4. The lowest BCUT2D eigenvalue weighted by Crippen LogP contribution is -2.59. The number of aliphatic hydroxyl groups is 1. The van der Waals surface area contributed by atoms with Gasteiger partial charge in [-0.3, -0.25) is 24.2 Å². The minimum Gasteiger partial charge on any atom is -0.480 e. The molecule has 0 aliphatic rings. The molecule has 29 heavy (non-hydrogen) atoms. The van der Waals surface area contributed by atoms with Crippen LogP contribution in [0, 0.1) is 0 Å². The lowest BCUT2D eigenvalue weighted by molar-refractivity contribution is -0.142. The number of aliphatic imine (C=N–C) groups is 1. The molecule has 13 heteroatoms. The van der Waals surface area contributed by atoms with E-state index in [0.29, 0.717) is 6.42 Å². The lowest BCUT2D eigenvalue weighted by Gasteiger charge is -2.25. The summed E-state index contributed by atoms with van der Waals surface area (Å²) in [6.07, 6.45) is -0.872. The van der Waals surface area contributed by atoms with Crippen LogP contribution in [0.3, 0.4) is 0 Å². The average molecular weight is 417 g/mol. The zero-order valence-corrected chi connectivity index (χ0v) is 16.7. The van der Waals surface area contributed by atoms with Gasteiger partial charge in [-0.1, -0.05) is 0 Å². The molecule has 0 bridgehead atoms. The maximum atomic E-state index is 12.6. The highest BCUT2D eigenvalue weighted by atomic mass is 16.4. The molecule has 0 aliphatic carbocycles. The van der Waals surface area contributed by atoms with Crippen molar-refractivity contribution in [3.63, 3.8) is 0 Å². The van der Waals surface area contributed by atoms with Crippen LogP contribution in [-0.2, 0) is 19.2 Å². The van der Waals surface area contributed by atoms with Crippen molar-refractivity contribution in [1.82, 2.24) is 16.0 Å². The highest BCUT2D eigenvalue weighted by molar-refractivity contribution is 5.94. The second-order valence-electron chi connectivity index (χ2n) is 6.59. The van der Waals surface area contributed by atoms with Gasteiger partial charge in [0.05, 0.1) is 12.1 Å². The number of nitrogens with zero attached hydrogens (tertiary/aromatic N) is 1. The summed E-state index contributed by atoms with van der Waals surface area (Å²) >= 11 is 0. The minimum atomic E-state index is -1.43. The summed E-state index contributed by atoms with van der Waals surface area (Å²) in [6, 6.07) is -4.62. The SMILES string of the molecule is CC(N)C(=O)NC(CCCN=C(N)N)C(=O)NC(C(=O)NC(C)C(=O)O)C(C)O. The van der Waals surface area contributed by atoms with E-state index in [9.17, 15) is 24.3 Å². The lowest BCUT2D eigenvalue weighted by atomic mass is 10.1. The highest BCUT2D eigenvalue weighted by Gasteiger charge is 2.31. The summed E-state index contributed by atoms with van der Waals surface area (Å²) < 4.78 is 0. The molecule has 0 aromatic rings.